The van der Waals surface area contributed by atoms with Crippen molar-refractivity contribution < 1.29 is 23.1 Å². The Morgan fingerprint density at radius 1 is 1.12 bits per heavy atom. The highest BCUT2D eigenvalue weighted by Gasteiger charge is 2.45. The van der Waals surface area contributed by atoms with Crippen LogP contribution in [0.2, 0.25) is 0 Å². The predicted octanol–water partition coefficient (Wildman–Crippen LogP) is 2.42. The molecule has 0 amide bonds. The van der Waals surface area contributed by atoms with Crippen molar-refractivity contribution in [3.05, 3.63) is 29.6 Å². The largest absolute Gasteiger partial charge is 0.480 e. The molecule has 2 atom stereocenters. The minimum absolute atomic E-state index is 0.272. The third kappa shape index (κ3) is 3.96. The summed E-state index contributed by atoms with van der Waals surface area (Å²) < 4.78 is 40.3. The molecule has 170 valence electrons. The smallest absolute Gasteiger partial charge is 0.418 e. The average Bonchev–Trinajstić information content (AvgIpc) is 3.49. The minimum atomic E-state index is -4.33. The van der Waals surface area contributed by atoms with E-state index >= 15 is 0 Å². The first-order chi connectivity index (χ1) is 15.3. The van der Waals surface area contributed by atoms with E-state index in [1.807, 2.05) is 4.90 Å². The summed E-state index contributed by atoms with van der Waals surface area (Å²) in [5.74, 6) is -0.196. The minimum Gasteiger partial charge on any atom is -0.480 e. The lowest BCUT2D eigenvalue weighted by Gasteiger charge is -2.29. The van der Waals surface area contributed by atoms with Gasteiger partial charge >= 0.3 is 12.1 Å². The van der Waals surface area contributed by atoms with Crippen molar-refractivity contribution in [3.8, 4) is 10.7 Å². The fraction of sp³-hybridized carbons (Fsp3) is 0.526. The van der Waals surface area contributed by atoms with Crippen LogP contribution in [0.3, 0.4) is 0 Å². The number of likely N-dealkylation sites (tertiary alicyclic amines) is 1. The van der Waals surface area contributed by atoms with Gasteiger partial charge in [-0.15, -0.1) is 10.2 Å². The Hall–Kier alpha value is -2.96. The summed E-state index contributed by atoms with van der Waals surface area (Å²) in [7, 11) is 0. The van der Waals surface area contributed by atoms with Crippen LogP contribution in [0.5, 0.6) is 0 Å². The first-order valence-electron chi connectivity index (χ1n) is 10.2. The number of rotatable bonds is 5. The average molecular weight is 467 g/mol. The number of alkyl halides is 3. The Morgan fingerprint density at radius 3 is 2.50 bits per heavy atom. The van der Waals surface area contributed by atoms with E-state index in [0.29, 0.717) is 42.3 Å². The number of halogens is 3. The third-order valence-corrected chi connectivity index (χ3v) is 7.03. The van der Waals surface area contributed by atoms with Crippen LogP contribution in [-0.2, 0) is 11.3 Å². The van der Waals surface area contributed by atoms with Gasteiger partial charge in [-0.25, -0.2) is 4.98 Å². The molecule has 2 unspecified atom stereocenters. The number of hydrogen-bond acceptors (Lipinski definition) is 8. The Balaban J connectivity index is 1.24. The van der Waals surface area contributed by atoms with Crippen molar-refractivity contribution in [2.45, 2.75) is 25.6 Å². The van der Waals surface area contributed by atoms with Crippen LogP contribution in [0.25, 0.3) is 10.7 Å². The van der Waals surface area contributed by atoms with E-state index in [1.165, 1.54) is 17.4 Å². The number of thiazole rings is 1. The number of aromatic nitrogens is 5. The lowest BCUT2D eigenvalue weighted by Crippen LogP contribution is -2.32. The summed E-state index contributed by atoms with van der Waals surface area (Å²) in [6.45, 7) is 2.29. The number of carbonyl (C=O) groups is 1. The maximum Gasteiger partial charge on any atom is 0.418 e. The lowest BCUT2D eigenvalue weighted by atomic mass is 10.0. The van der Waals surface area contributed by atoms with Gasteiger partial charge in [0.2, 0.25) is 5.82 Å². The molecule has 1 aliphatic carbocycles. The lowest BCUT2D eigenvalue weighted by molar-refractivity contribution is -0.138. The zero-order chi connectivity index (χ0) is 22.5. The van der Waals surface area contributed by atoms with E-state index < -0.39 is 17.7 Å². The molecular weight excluding hydrogens is 447 g/mol. The zero-order valence-corrected chi connectivity index (χ0v) is 17.7. The van der Waals surface area contributed by atoms with Gasteiger partial charge in [0.05, 0.1) is 16.6 Å². The van der Waals surface area contributed by atoms with Gasteiger partial charge in [0.1, 0.15) is 0 Å². The first-order valence-corrected chi connectivity index (χ1v) is 11.0. The van der Waals surface area contributed by atoms with Crippen LogP contribution in [0.15, 0.2) is 29.6 Å². The van der Waals surface area contributed by atoms with E-state index in [2.05, 4.69) is 25.3 Å². The number of tetrazole rings is 1. The number of hydrogen-bond donors (Lipinski definition) is 1. The summed E-state index contributed by atoms with van der Waals surface area (Å²) in [6, 6.07) is 0. The molecule has 0 bridgehead atoms. The van der Waals surface area contributed by atoms with Crippen molar-refractivity contribution >= 4 is 22.4 Å². The van der Waals surface area contributed by atoms with Gasteiger partial charge in [-0.05, 0) is 18.1 Å². The molecule has 0 radical (unpaired) electrons. The second-order valence-corrected chi connectivity index (χ2v) is 9.17. The first kappa shape index (κ1) is 20.9. The van der Waals surface area contributed by atoms with Gasteiger partial charge in [0.15, 0.2) is 11.7 Å². The van der Waals surface area contributed by atoms with Crippen LogP contribution in [0.4, 0.5) is 18.3 Å². The van der Waals surface area contributed by atoms with Crippen LogP contribution >= 0.6 is 11.3 Å². The van der Waals surface area contributed by atoms with Gasteiger partial charge in [-0.2, -0.15) is 18.0 Å². The molecule has 2 aliphatic heterocycles. The number of nitrogens with zero attached hydrogens (tertiary/aromatic N) is 7. The highest BCUT2D eigenvalue weighted by atomic mass is 32.1. The molecule has 2 fully saturated rings. The van der Waals surface area contributed by atoms with E-state index in [1.54, 1.807) is 12.3 Å². The predicted molar refractivity (Wildman–Crippen MR) is 109 cm³/mol. The summed E-state index contributed by atoms with van der Waals surface area (Å²) in [5, 5.41) is 21.3. The number of fused-ring (bicyclic) bond motifs is 1. The van der Waals surface area contributed by atoms with Crippen molar-refractivity contribution in [3.63, 3.8) is 0 Å². The van der Waals surface area contributed by atoms with Crippen LogP contribution < -0.4 is 4.90 Å². The molecule has 2 saturated heterocycles. The van der Waals surface area contributed by atoms with Gasteiger partial charge in [-0.1, -0.05) is 23.5 Å². The molecule has 1 N–H and O–H groups in total. The highest BCUT2D eigenvalue weighted by molar-refractivity contribution is 7.18. The van der Waals surface area contributed by atoms with Gasteiger partial charge in [0.25, 0.3) is 0 Å². The molecule has 3 aliphatic rings. The highest BCUT2D eigenvalue weighted by Crippen LogP contribution is 2.42. The third-order valence-electron chi connectivity index (χ3n) is 5.98. The maximum atomic E-state index is 13.4. The summed E-state index contributed by atoms with van der Waals surface area (Å²) in [5.41, 5.74) is -0.176. The molecule has 5 rings (SSSR count). The quantitative estimate of drug-likeness (QED) is 0.716. The molecule has 2 aromatic rings. The second-order valence-electron chi connectivity index (χ2n) is 8.16. The summed E-state index contributed by atoms with van der Waals surface area (Å²) in [6.07, 6.45) is 1.41. The van der Waals surface area contributed by atoms with E-state index in [-0.39, 0.29) is 18.4 Å². The van der Waals surface area contributed by atoms with E-state index in [9.17, 15) is 18.0 Å². The number of aliphatic carboxylic acids is 1. The fourth-order valence-corrected chi connectivity index (χ4v) is 5.47. The molecule has 0 aromatic carbocycles. The Morgan fingerprint density at radius 2 is 1.81 bits per heavy atom. The Bertz CT molecular complexity index is 1080. The molecular formula is C19H20F3N7O2S. The topological polar surface area (TPSA) is 100 Å². The molecule has 32 heavy (non-hydrogen) atoms. The van der Waals surface area contributed by atoms with Crippen molar-refractivity contribution in [2.75, 3.05) is 31.1 Å². The number of allylic oxidation sites excluding steroid dienone is 3. The number of anilines is 1. The normalized spacial score (nSPS) is 23.3. The summed E-state index contributed by atoms with van der Waals surface area (Å²) in [4.78, 5) is 21.0. The van der Waals surface area contributed by atoms with Crippen LogP contribution in [0, 0.1) is 11.8 Å². The molecule has 0 saturated carbocycles. The monoisotopic (exact) mass is 467 g/mol. The molecule has 4 heterocycles. The SMILES string of the molecule is O=C(O)Cn1nnc(-c2cnc(N3CC4CN(C5=CCCC=C5C(F)(F)F)CC4C3)s2)n1. The number of carboxylic acids is 1. The Labute approximate surface area is 184 Å². The van der Waals surface area contributed by atoms with E-state index in [4.69, 9.17) is 5.11 Å². The number of carboxylic acid groups (broad SMARTS) is 1. The van der Waals surface area contributed by atoms with Gasteiger partial charge in [0, 0.05) is 43.7 Å². The summed E-state index contributed by atoms with van der Waals surface area (Å²) >= 11 is 1.39. The van der Waals surface area contributed by atoms with Gasteiger partial charge in [-0.3, -0.25) is 4.79 Å². The van der Waals surface area contributed by atoms with Crippen molar-refractivity contribution in [2.24, 2.45) is 11.8 Å². The second kappa shape index (κ2) is 7.87. The van der Waals surface area contributed by atoms with E-state index in [0.717, 1.165) is 23.0 Å². The van der Waals surface area contributed by atoms with Crippen molar-refractivity contribution in [1.82, 2.24) is 30.1 Å². The zero-order valence-electron chi connectivity index (χ0n) is 16.9. The van der Waals surface area contributed by atoms with Crippen LogP contribution in [0.1, 0.15) is 12.8 Å². The standard InChI is InChI=1S/C19H20F3N7O2S/c20-19(21,22)13-3-1-2-4-14(13)27-6-11-8-28(9-12(11)7-27)18-23-5-15(32-18)17-24-26-29(25-17)10-16(30)31/h3-5,11-12H,1-2,6-10H2,(H,30,31). The van der Waals surface area contributed by atoms with Gasteiger partial charge < -0.3 is 14.9 Å². The Kier molecular flexibility index (Phi) is 5.14. The van der Waals surface area contributed by atoms with Crippen LogP contribution in [-0.4, -0.2) is 73.5 Å². The maximum absolute atomic E-state index is 13.4. The fourth-order valence-electron chi connectivity index (χ4n) is 4.61. The molecule has 13 heteroatoms. The molecule has 0 spiro atoms. The van der Waals surface area contributed by atoms with Crippen molar-refractivity contribution in [1.29, 1.82) is 0 Å². The molecule has 9 nitrogen and oxygen atoms in total. The molecule has 2 aromatic heterocycles.